The molecule has 0 aliphatic carbocycles. The molecule has 0 heterocycles. The number of nitrogens with one attached hydrogen (secondary N) is 1. The average Bonchev–Trinajstić information content (AvgIpc) is 2.45. The van der Waals surface area contributed by atoms with Crippen molar-refractivity contribution in [3.05, 3.63) is 29.8 Å². The first kappa shape index (κ1) is 17.4. The van der Waals surface area contributed by atoms with Crippen molar-refractivity contribution < 1.29 is 19.4 Å². The van der Waals surface area contributed by atoms with Gasteiger partial charge >= 0.3 is 5.97 Å². The number of rotatable bonds is 8. The zero-order valence-corrected chi connectivity index (χ0v) is 13.3. The van der Waals surface area contributed by atoms with Crippen LogP contribution in [0.15, 0.2) is 24.3 Å². The van der Waals surface area contributed by atoms with Crippen molar-refractivity contribution >= 4 is 23.6 Å². The third kappa shape index (κ3) is 6.08. The number of carbonyl (C=O) groups excluding carboxylic acids is 1. The number of carboxylic acid groups (broad SMARTS) is 1. The van der Waals surface area contributed by atoms with E-state index in [1.807, 2.05) is 25.3 Å². The number of ether oxygens (including phenoxy) is 1. The van der Waals surface area contributed by atoms with Crippen LogP contribution in [-0.2, 0) is 9.59 Å². The summed E-state index contributed by atoms with van der Waals surface area (Å²) in [5.41, 5.74) is 1.10. The zero-order valence-electron chi connectivity index (χ0n) is 12.5. The Morgan fingerprint density at radius 3 is 2.48 bits per heavy atom. The van der Waals surface area contributed by atoms with Crippen molar-refractivity contribution in [3.8, 4) is 5.75 Å². The van der Waals surface area contributed by atoms with Gasteiger partial charge in [-0.15, -0.1) is 0 Å². The molecular weight excluding hydrogens is 290 g/mol. The summed E-state index contributed by atoms with van der Waals surface area (Å²) < 4.78 is 5.51. The fraction of sp³-hybridized carbons (Fsp3) is 0.467. The van der Waals surface area contributed by atoms with E-state index in [1.165, 1.54) is 0 Å². The van der Waals surface area contributed by atoms with E-state index in [2.05, 4.69) is 5.32 Å². The van der Waals surface area contributed by atoms with Crippen molar-refractivity contribution in [3.63, 3.8) is 0 Å². The van der Waals surface area contributed by atoms with Crippen molar-refractivity contribution in [2.24, 2.45) is 0 Å². The van der Waals surface area contributed by atoms with Gasteiger partial charge in [0.05, 0.1) is 0 Å². The lowest BCUT2D eigenvalue weighted by molar-refractivity contribution is -0.142. The summed E-state index contributed by atoms with van der Waals surface area (Å²) in [6.45, 7) is 3.56. The quantitative estimate of drug-likeness (QED) is 0.769. The van der Waals surface area contributed by atoms with E-state index in [4.69, 9.17) is 9.84 Å². The largest absolute Gasteiger partial charge is 0.481 e. The first-order chi connectivity index (χ1) is 9.93. The summed E-state index contributed by atoms with van der Waals surface area (Å²) in [4.78, 5) is 23.1. The van der Waals surface area contributed by atoms with E-state index in [9.17, 15) is 9.59 Å². The molecule has 1 rings (SSSR count). The number of aliphatic carboxylic acids is 1. The van der Waals surface area contributed by atoms with Gasteiger partial charge in [-0.25, -0.2) is 4.79 Å². The summed E-state index contributed by atoms with van der Waals surface area (Å²) in [5, 5.41) is 11.6. The van der Waals surface area contributed by atoms with Gasteiger partial charge in [-0.05, 0) is 44.4 Å². The first-order valence-electron chi connectivity index (χ1n) is 6.69. The highest BCUT2D eigenvalue weighted by molar-refractivity contribution is 7.98. The van der Waals surface area contributed by atoms with Crippen LogP contribution in [0.4, 0.5) is 0 Å². The predicted octanol–water partition coefficient (Wildman–Crippen LogP) is 2.08. The van der Waals surface area contributed by atoms with Gasteiger partial charge in [0, 0.05) is 0 Å². The lowest BCUT2D eigenvalue weighted by Gasteiger charge is -2.18. The minimum Gasteiger partial charge on any atom is -0.481 e. The lowest BCUT2D eigenvalue weighted by atomic mass is 10.2. The second-order valence-corrected chi connectivity index (χ2v) is 5.74. The smallest absolute Gasteiger partial charge is 0.326 e. The van der Waals surface area contributed by atoms with E-state index >= 15 is 0 Å². The van der Waals surface area contributed by atoms with Gasteiger partial charge in [0.25, 0.3) is 5.91 Å². The topological polar surface area (TPSA) is 75.6 Å². The van der Waals surface area contributed by atoms with Gasteiger partial charge in [0.1, 0.15) is 11.8 Å². The molecule has 0 spiro atoms. The molecule has 1 unspecified atom stereocenters. The molecule has 0 saturated carbocycles. The number of benzene rings is 1. The van der Waals surface area contributed by atoms with Crippen LogP contribution in [0.2, 0.25) is 0 Å². The van der Waals surface area contributed by atoms with E-state index in [0.717, 1.165) is 5.56 Å². The second-order valence-electron chi connectivity index (χ2n) is 4.75. The zero-order chi connectivity index (χ0) is 15.8. The fourth-order valence-corrected chi connectivity index (χ4v) is 2.13. The summed E-state index contributed by atoms with van der Waals surface area (Å²) in [6, 6.07) is 6.45. The summed E-state index contributed by atoms with van der Waals surface area (Å²) in [7, 11) is 0. The van der Waals surface area contributed by atoms with Gasteiger partial charge in [-0.3, -0.25) is 4.79 Å². The molecule has 1 amide bonds. The van der Waals surface area contributed by atoms with Crippen molar-refractivity contribution in [2.45, 2.75) is 32.4 Å². The molecule has 1 aromatic carbocycles. The minimum atomic E-state index is -1.03. The molecule has 1 aromatic rings. The molecule has 6 heteroatoms. The number of aryl methyl sites for hydroxylation is 1. The maximum Gasteiger partial charge on any atom is 0.326 e. The second kappa shape index (κ2) is 8.56. The Morgan fingerprint density at radius 1 is 1.33 bits per heavy atom. The molecule has 0 fully saturated rings. The van der Waals surface area contributed by atoms with Crippen LogP contribution in [0.1, 0.15) is 18.9 Å². The van der Waals surface area contributed by atoms with Crippen molar-refractivity contribution in [1.29, 1.82) is 0 Å². The molecular formula is C15H21NO4S. The summed E-state index contributed by atoms with van der Waals surface area (Å²) in [6.07, 6.45) is 1.53. The maximum atomic E-state index is 12.0. The third-order valence-electron chi connectivity index (χ3n) is 2.93. The van der Waals surface area contributed by atoms with Gasteiger partial charge in [0.2, 0.25) is 0 Å². The summed E-state index contributed by atoms with van der Waals surface area (Å²) in [5.74, 6) is -0.201. The molecule has 0 aromatic heterocycles. The Hall–Kier alpha value is -1.69. The van der Waals surface area contributed by atoms with Crippen LogP contribution in [-0.4, -0.2) is 41.1 Å². The number of hydrogen-bond acceptors (Lipinski definition) is 4. The Kier molecular flexibility index (Phi) is 7.08. The lowest BCUT2D eigenvalue weighted by Crippen LogP contribution is -2.46. The SMILES string of the molecule is CSCC[C@H](NC(=O)C(C)Oc1ccc(C)cc1)C(=O)O. The Balaban J connectivity index is 2.56. The number of hydrogen-bond donors (Lipinski definition) is 2. The fourth-order valence-electron chi connectivity index (χ4n) is 1.66. The van der Waals surface area contributed by atoms with Gasteiger partial charge in [-0.2, -0.15) is 11.8 Å². The van der Waals surface area contributed by atoms with Crippen LogP contribution in [0, 0.1) is 6.92 Å². The molecule has 0 aliphatic heterocycles. The molecule has 0 saturated heterocycles. The van der Waals surface area contributed by atoms with Gasteiger partial charge in [0.15, 0.2) is 6.10 Å². The third-order valence-corrected chi connectivity index (χ3v) is 3.57. The van der Waals surface area contributed by atoms with E-state index in [0.29, 0.717) is 17.9 Å². The van der Waals surface area contributed by atoms with Gasteiger partial charge in [-0.1, -0.05) is 17.7 Å². The van der Waals surface area contributed by atoms with Crippen molar-refractivity contribution in [2.75, 3.05) is 12.0 Å². The van der Waals surface area contributed by atoms with Crippen LogP contribution in [0.3, 0.4) is 0 Å². The number of carboxylic acids is 1. The Bertz CT molecular complexity index is 475. The monoisotopic (exact) mass is 311 g/mol. The predicted molar refractivity (Wildman–Crippen MR) is 83.8 cm³/mol. The van der Waals surface area contributed by atoms with Crippen LogP contribution >= 0.6 is 11.8 Å². The summed E-state index contributed by atoms with van der Waals surface area (Å²) >= 11 is 1.54. The highest BCUT2D eigenvalue weighted by Crippen LogP contribution is 2.13. The normalized spacial score (nSPS) is 13.3. The van der Waals surface area contributed by atoms with E-state index in [1.54, 1.807) is 30.8 Å². The highest BCUT2D eigenvalue weighted by Gasteiger charge is 2.23. The van der Waals surface area contributed by atoms with Crippen LogP contribution < -0.4 is 10.1 Å². The number of amides is 1. The van der Waals surface area contributed by atoms with Gasteiger partial charge < -0.3 is 15.2 Å². The molecule has 116 valence electrons. The molecule has 21 heavy (non-hydrogen) atoms. The molecule has 0 radical (unpaired) electrons. The Labute approximate surface area is 129 Å². The number of thioether (sulfide) groups is 1. The first-order valence-corrected chi connectivity index (χ1v) is 8.09. The minimum absolute atomic E-state index is 0.388. The maximum absolute atomic E-state index is 12.0. The molecule has 0 bridgehead atoms. The Morgan fingerprint density at radius 2 is 1.95 bits per heavy atom. The molecule has 2 atom stereocenters. The molecule has 0 aliphatic rings. The molecule has 5 nitrogen and oxygen atoms in total. The number of carbonyl (C=O) groups is 2. The van der Waals surface area contributed by atoms with E-state index < -0.39 is 24.0 Å². The standard InChI is InChI=1S/C15H21NO4S/c1-10-4-6-12(7-5-10)20-11(2)14(17)16-13(15(18)19)8-9-21-3/h4-7,11,13H,8-9H2,1-3H3,(H,16,17)(H,18,19)/t11?,13-/m0/s1. The average molecular weight is 311 g/mol. The molecule has 2 N–H and O–H groups in total. The highest BCUT2D eigenvalue weighted by atomic mass is 32.2. The van der Waals surface area contributed by atoms with E-state index in [-0.39, 0.29) is 0 Å². The van der Waals surface area contributed by atoms with Crippen LogP contribution in [0.5, 0.6) is 5.75 Å². The van der Waals surface area contributed by atoms with Crippen LogP contribution in [0.25, 0.3) is 0 Å². The van der Waals surface area contributed by atoms with Crippen molar-refractivity contribution in [1.82, 2.24) is 5.32 Å².